The molecule has 3 aromatic rings. The van der Waals surface area contributed by atoms with Crippen LogP contribution in [-0.4, -0.2) is 49.4 Å². The number of esters is 1. The van der Waals surface area contributed by atoms with Gasteiger partial charge >= 0.3 is 5.97 Å². The predicted molar refractivity (Wildman–Crippen MR) is 117 cm³/mol. The minimum absolute atomic E-state index is 0.0733. The first-order valence-electron chi connectivity index (χ1n) is 9.81. The van der Waals surface area contributed by atoms with Crippen LogP contribution >= 0.6 is 11.6 Å². The standard InChI is InChI=1S/C22H21ClN2O5S/c1-30-22(27)19-14-25(20-7-3-2-6-18(19)20)21(26)15-5-4-12-24(13-15)31(28,29)17-10-8-16(23)9-11-17/h2-3,6-11,14-15H,4-5,12-13H2,1H3. The van der Waals surface area contributed by atoms with Gasteiger partial charge < -0.3 is 4.74 Å². The molecule has 1 saturated heterocycles. The highest BCUT2D eigenvalue weighted by molar-refractivity contribution is 7.89. The average Bonchev–Trinajstić information content (AvgIpc) is 3.18. The monoisotopic (exact) mass is 460 g/mol. The van der Waals surface area contributed by atoms with Gasteiger partial charge in [0.25, 0.3) is 0 Å². The molecular weight excluding hydrogens is 440 g/mol. The summed E-state index contributed by atoms with van der Waals surface area (Å²) in [6.45, 7) is 0.415. The lowest BCUT2D eigenvalue weighted by Crippen LogP contribution is -2.43. The van der Waals surface area contributed by atoms with Gasteiger partial charge in [0.2, 0.25) is 15.9 Å². The van der Waals surface area contributed by atoms with E-state index in [1.165, 1.54) is 46.4 Å². The third-order valence-electron chi connectivity index (χ3n) is 5.54. The van der Waals surface area contributed by atoms with E-state index in [9.17, 15) is 18.0 Å². The maximum Gasteiger partial charge on any atom is 0.340 e. The van der Waals surface area contributed by atoms with Crippen molar-refractivity contribution in [3.63, 3.8) is 0 Å². The van der Waals surface area contributed by atoms with Crippen LogP contribution in [0.25, 0.3) is 10.9 Å². The third kappa shape index (κ3) is 3.98. The number of piperidine rings is 1. The van der Waals surface area contributed by atoms with Gasteiger partial charge in [-0.2, -0.15) is 4.31 Å². The van der Waals surface area contributed by atoms with Gasteiger partial charge in [-0.3, -0.25) is 9.36 Å². The van der Waals surface area contributed by atoms with Crippen molar-refractivity contribution in [1.82, 2.24) is 8.87 Å². The van der Waals surface area contributed by atoms with Crippen molar-refractivity contribution in [1.29, 1.82) is 0 Å². The minimum Gasteiger partial charge on any atom is -0.465 e. The topological polar surface area (TPSA) is 85.7 Å². The summed E-state index contributed by atoms with van der Waals surface area (Å²) in [5.74, 6) is -1.31. The first-order valence-corrected chi connectivity index (χ1v) is 11.6. The Morgan fingerprint density at radius 2 is 1.81 bits per heavy atom. The highest BCUT2D eigenvalue weighted by Crippen LogP contribution is 2.28. The summed E-state index contributed by atoms with van der Waals surface area (Å²) in [7, 11) is -2.45. The fraction of sp³-hybridized carbons (Fsp3) is 0.273. The molecule has 9 heteroatoms. The predicted octanol–water partition coefficient (Wildman–Crippen LogP) is 3.82. The molecule has 2 heterocycles. The van der Waals surface area contributed by atoms with Crippen LogP contribution in [0.15, 0.2) is 59.6 Å². The Labute approximate surface area is 185 Å². The number of hydrogen-bond donors (Lipinski definition) is 0. The molecule has 0 aliphatic carbocycles. The Bertz CT molecular complexity index is 1250. The summed E-state index contributed by atoms with van der Waals surface area (Å²) in [4.78, 5) is 25.7. The number of carbonyl (C=O) groups excluding carboxylic acids is 2. The largest absolute Gasteiger partial charge is 0.465 e. The van der Waals surface area contributed by atoms with Gasteiger partial charge in [-0.25, -0.2) is 13.2 Å². The molecule has 0 bridgehead atoms. The molecule has 1 unspecified atom stereocenters. The Morgan fingerprint density at radius 3 is 2.52 bits per heavy atom. The zero-order valence-corrected chi connectivity index (χ0v) is 18.4. The number of sulfonamides is 1. The number of ether oxygens (including phenoxy) is 1. The molecule has 7 nitrogen and oxygen atoms in total. The second-order valence-corrected chi connectivity index (χ2v) is 9.79. The van der Waals surface area contributed by atoms with E-state index in [2.05, 4.69) is 0 Å². The molecule has 1 aliphatic rings. The molecule has 0 spiro atoms. The van der Waals surface area contributed by atoms with Gasteiger partial charge in [0.1, 0.15) is 0 Å². The van der Waals surface area contributed by atoms with E-state index in [1.54, 1.807) is 24.3 Å². The first kappa shape index (κ1) is 21.5. The van der Waals surface area contributed by atoms with Crippen molar-refractivity contribution < 1.29 is 22.7 Å². The number of fused-ring (bicyclic) bond motifs is 1. The Morgan fingerprint density at radius 1 is 1.10 bits per heavy atom. The van der Waals surface area contributed by atoms with Crippen molar-refractivity contribution in [3.05, 3.63) is 65.3 Å². The van der Waals surface area contributed by atoms with E-state index < -0.39 is 21.9 Å². The number of rotatable bonds is 4. The second-order valence-electron chi connectivity index (χ2n) is 7.42. The maximum atomic E-state index is 13.4. The van der Waals surface area contributed by atoms with Crippen LogP contribution in [0.1, 0.15) is 28.0 Å². The molecule has 162 valence electrons. The fourth-order valence-corrected chi connectivity index (χ4v) is 5.60. The normalized spacial score (nSPS) is 17.5. The van der Waals surface area contributed by atoms with Gasteiger partial charge in [-0.05, 0) is 43.2 Å². The van der Waals surface area contributed by atoms with Crippen molar-refractivity contribution in [2.75, 3.05) is 20.2 Å². The van der Waals surface area contributed by atoms with Crippen LogP contribution in [0.5, 0.6) is 0 Å². The summed E-state index contributed by atoms with van der Waals surface area (Å²) in [6, 6.07) is 13.1. The number of nitrogens with zero attached hydrogens (tertiary/aromatic N) is 2. The van der Waals surface area contributed by atoms with Crippen molar-refractivity contribution in [3.8, 4) is 0 Å². The number of carbonyl (C=O) groups is 2. The molecule has 31 heavy (non-hydrogen) atoms. The first-order chi connectivity index (χ1) is 14.8. The lowest BCUT2D eigenvalue weighted by molar-refractivity contribution is 0.0603. The smallest absolute Gasteiger partial charge is 0.340 e. The Kier molecular flexibility index (Phi) is 5.88. The molecule has 0 N–H and O–H groups in total. The van der Waals surface area contributed by atoms with Gasteiger partial charge in [-0.15, -0.1) is 0 Å². The summed E-state index contributed by atoms with van der Waals surface area (Å²) < 4.78 is 33.7. The van der Waals surface area contributed by atoms with Crippen LogP contribution < -0.4 is 0 Å². The zero-order chi connectivity index (χ0) is 22.2. The number of benzene rings is 2. The van der Waals surface area contributed by atoms with Crippen LogP contribution in [-0.2, 0) is 14.8 Å². The van der Waals surface area contributed by atoms with E-state index >= 15 is 0 Å². The summed E-state index contributed by atoms with van der Waals surface area (Å²) >= 11 is 5.87. The van der Waals surface area contributed by atoms with E-state index in [-0.39, 0.29) is 17.3 Å². The van der Waals surface area contributed by atoms with Crippen LogP contribution in [0, 0.1) is 5.92 Å². The number of para-hydroxylation sites is 1. The molecular formula is C22H21ClN2O5S. The van der Waals surface area contributed by atoms with E-state index in [0.717, 1.165) is 0 Å². The summed E-state index contributed by atoms with van der Waals surface area (Å²) in [6.07, 6.45) is 2.60. The van der Waals surface area contributed by atoms with Crippen molar-refractivity contribution in [2.45, 2.75) is 17.7 Å². The molecule has 0 saturated carbocycles. The van der Waals surface area contributed by atoms with Crippen LogP contribution in [0.3, 0.4) is 0 Å². The van der Waals surface area contributed by atoms with E-state index in [4.69, 9.17) is 16.3 Å². The number of hydrogen-bond acceptors (Lipinski definition) is 5. The third-order valence-corrected chi connectivity index (χ3v) is 7.67. The van der Waals surface area contributed by atoms with Gasteiger partial charge in [0, 0.05) is 29.7 Å². The Hall–Kier alpha value is -2.68. The van der Waals surface area contributed by atoms with Gasteiger partial charge in [0.15, 0.2) is 0 Å². The van der Waals surface area contributed by atoms with E-state index in [0.29, 0.717) is 40.9 Å². The summed E-state index contributed by atoms with van der Waals surface area (Å²) in [5.41, 5.74) is 0.887. The molecule has 2 aromatic carbocycles. The quantitative estimate of drug-likeness (QED) is 0.552. The Balaban J connectivity index is 1.64. The number of methoxy groups -OCH3 is 1. The molecule has 4 rings (SSSR count). The minimum atomic E-state index is -3.74. The van der Waals surface area contributed by atoms with Crippen molar-refractivity contribution in [2.24, 2.45) is 5.92 Å². The maximum absolute atomic E-state index is 13.4. The van der Waals surface area contributed by atoms with Gasteiger partial charge in [-0.1, -0.05) is 29.8 Å². The van der Waals surface area contributed by atoms with Crippen molar-refractivity contribution >= 4 is 44.4 Å². The van der Waals surface area contributed by atoms with E-state index in [1.807, 2.05) is 0 Å². The zero-order valence-electron chi connectivity index (χ0n) is 16.8. The molecule has 1 aromatic heterocycles. The number of aromatic nitrogens is 1. The highest BCUT2D eigenvalue weighted by Gasteiger charge is 2.34. The van der Waals surface area contributed by atoms with Gasteiger partial charge in [0.05, 0.1) is 29.0 Å². The average molecular weight is 461 g/mol. The van der Waals surface area contributed by atoms with Crippen LogP contribution in [0.4, 0.5) is 0 Å². The lowest BCUT2D eigenvalue weighted by atomic mass is 9.98. The summed E-state index contributed by atoms with van der Waals surface area (Å²) in [5, 5.41) is 1.07. The lowest BCUT2D eigenvalue weighted by Gasteiger charge is -2.31. The molecule has 1 atom stereocenters. The second kappa shape index (κ2) is 8.45. The number of halogens is 1. The molecule has 1 fully saturated rings. The molecule has 0 radical (unpaired) electrons. The molecule has 1 aliphatic heterocycles. The van der Waals surface area contributed by atoms with Crippen LogP contribution in [0.2, 0.25) is 5.02 Å². The SMILES string of the molecule is COC(=O)c1cn(C(=O)C2CCCN(S(=O)(=O)c3ccc(Cl)cc3)C2)c2ccccc12. The molecule has 0 amide bonds. The highest BCUT2D eigenvalue weighted by atomic mass is 35.5. The fourth-order valence-electron chi connectivity index (χ4n) is 3.95.